The van der Waals surface area contributed by atoms with Gasteiger partial charge in [-0.2, -0.15) is 0 Å². The summed E-state index contributed by atoms with van der Waals surface area (Å²) in [6.07, 6.45) is 2.13. The molecule has 0 radical (unpaired) electrons. The highest BCUT2D eigenvalue weighted by Gasteiger charge is 2.35. The molecule has 0 aliphatic carbocycles. The van der Waals surface area contributed by atoms with E-state index in [1.165, 1.54) is 11.1 Å². The standard InChI is InChI=1S/C27H36N4O5/c1-17(2)31-15-18(3)22(16-30(7)26(34)36-27(4,5)6)35-23-20(25(31)33)11-8-12-21(23)29-24(32)19-10-9-13-28-14-19/h8-14,17-18,22H,15-16H2,1-7H3,(H,29,32)/t18-,22+/m0/s1. The number of amides is 3. The molecule has 0 spiro atoms. The lowest BCUT2D eigenvalue weighted by molar-refractivity contribution is 0.0131. The van der Waals surface area contributed by atoms with Crippen LogP contribution in [-0.4, -0.2) is 70.6 Å². The Kier molecular flexibility index (Phi) is 8.22. The van der Waals surface area contributed by atoms with Crippen LogP contribution in [0, 0.1) is 5.92 Å². The maximum Gasteiger partial charge on any atom is 0.410 e. The third-order valence-electron chi connectivity index (χ3n) is 5.85. The number of nitrogens with one attached hydrogen (secondary N) is 1. The molecule has 2 aromatic rings. The zero-order valence-electron chi connectivity index (χ0n) is 22.1. The van der Waals surface area contributed by atoms with Crippen molar-refractivity contribution >= 4 is 23.6 Å². The fourth-order valence-corrected chi connectivity index (χ4v) is 3.90. The van der Waals surface area contributed by atoms with Crippen molar-refractivity contribution in [3.8, 4) is 5.75 Å². The lowest BCUT2D eigenvalue weighted by atomic mass is 9.99. The van der Waals surface area contributed by atoms with E-state index in [0.29, 0.717) is 23.4 Å². The Balaban J connectivity index is 1.98. The van der Waals surface area contributed by atoms with Crippen LogP contribution in [0.25, 0.3) is 0 Å². The second-order valence-electron chi connectivity index (χ2n) is 10.4. The number of anilines is 1. The molecule has 3 rings (SSSR count). The zero-order valence-corrected chi connectivity index (χ0v) is 22.1. The SMILES string of the molecule is CC(C)N1C[C@H](C)[C@@H](CN(C)C(=O)OC(C)(C)C)Oc2c(NC(=O)c3cccnc3)cccc2C1=O. The van der Waals surface area contributed by atoms with Crippen molar-refractivity contribution in [1.82, 2.24) is 14.8 Å². The summed E-state index contributed by atoms with van der Waals surface area (Å²) in [6.45, 7) is 12.0. The van der Waals surface area contributed by atoms with Gasteiger partial charge in [0.1, 0.15) is 11.7 Å². The second kappa shape index (κ2) is 11.0. The highest BCUT2D eigenvalue weighted by Crippen LogP contribution is 2.35. The van der Waals surface area contributed by atoms with Gasteiger partial charge in [0.2, 0.25) is 0 Å². The molecule has 0 bridgehead atoms. The maximum atomic E-state index is 13.5. The number of hydrogen-bond donors (Lipinski definition) is 1. The van der Waals surface area contributed by atoms with E-state index >= 15 is 0 Å². The van der Waals surface area contributed by atoms with Gasteiger partial charge >= 0.3 is 6.09 Å². The third-order valence-corrected chi connectivity index (χ3v) is 5.85. The summed E-state index contributed by atoms with van der Waals surface area (Å²) in [5.41, 5.74) is 0.475. The molecule has 0 unspecified atom stereocenters. The van der Waals surface area contributed by atoms with Crippen LogP contribution < -0.4 is 10.1 Å². The molecule has 1 N–H and O–H groups in total. The fraction of sp³-hybridized carbons (Fsp3) is 0.481. The van der Waals surface area contributed by atoms with Gasteiger partial charge in [-0.15, -0.1) is 0 Å². The number of hydrogen-bond acceptors (Lipinski definition) is 6. The number of benzene rings is 1. The molecule has 0 saturated heterocycles. The van der Waals surface area contributed by atoms with Crippen LogP contribution in [0.5, 0.6) is 5.75 Å². The molecule has 36 heavy (non-hydrogen) atoms. The monoisotopic (exact) mass is 496 g/mol. The molecule has 1 aromatic heterocycles. The molecule has 1 aliphatic rings. The lowest BCUT2D eigenvalue weighted by Crippen LogP contribution is -2.49. The first kappa shape index (κ1) is 27.0. The molecule has 0 saturated carbocycles. The number of para-hydroxylation sites is 1. The number of carbonyl (C=O) groups is 3. The Hall–Kier alpha value is -3.62. The van der Waals surface area contributed by atoms with Crippen LogP contribution >= 0.6 is 0 Å². The second-order valence-corrected chi connectivity index (χ2v) is 10.4. The van der Waals surface area contributed by atoms with E-state index in [2.05, 4.69) is 10.3 Å². The summed E-state index contributed by atoms with van der Waals surface area (Å²) in [4.78, 5) is 46.3. The van der Waals surface area contributed by atoms with Gasteiger partial charge in [-0.05, 0) is 58.9 Å². The maximum absolute atomic E-state index is 13.5. The average Bonchev–Trinajstić information content (AvgIpc) is 2.80. The summed E-state index contributed by atoms with van der Waals surface area (Å²) in [5.74, 6) is -0.384. The first-order valence-corrected chi connectivity index (χ1v) is 12.1. The number of likely N-dealkylation sites (N-methyl/N-ethyl adjacent to an activating group) is 1. The summed E-state index contributed by atoms with van der Waals surface area (Å²) in [5, 5.41) is 2.86. The van der Waals surface area contributed by atoms with Crippen LogP contribution in [-0.2, 0) is 4.74 Å². The van der Waals surface area contributed by atoms with Crippen molar-refractivity contribution in [3.05, 3.63) is 53.9 Å². The lowest BCUT2D eigenvalue weighted by Gasteiger charge is -2.38. The minimum Gasteiger partial charge on any atom is -0.485 e. The smallest absolute Gasteiger partial charge is 0.410 e. The number of carbonyl (C=O) groups excluding carboxylic acids is 3. The highest BCUT2D eigenvalue weighted by molar-refractivity contribution is 6.07. The van der Waals surface area contributed by atoms with Crippen molar-refractivity contribution in [2.45, 2.75) is 59.3 Å². The van der Waals surface area contributed by atoms with E-state index < -0.39 is 17.8 Å². The quantitative estimate of drug-likeness (QED) is 0.656. The van der Waals surface area contributed by atoms with E-state index in [0.717, 1.165) is 0 Å². The molecule has 1 aliphatic heterocycles. The van der Waals surface area contributed by atoms with Crippen molar-refractivity contribution in [2.24, 2.45) is 5.92 Å². The third kappa shape index (κ3) is 6.53. The Labute approximate surface area is 212 Å². The topological polar surface area (TPSA) is 101 Å². The van der Waals surface area contributed by atoms with E-state index in [1.54, 1.807) is 48.5 Å². The van der Waals surface area contributed by atoms with Gasteiger partial charge in [0.15, 0.2) is 5.75 Å². The Bertz CT molecular complexity index is 1100. The van der Waals surface area contributed by atoms with Gasteiger partial charge in [0.05, 0.1) is 23.4 Å². The molecule has 1 aromatic carbocycles. The van der Waals surface area contributed by atoms with Gasteiger partial charge in [0, 0.05) is 37.9 Å². The zero-order chi connectivity index (χ0) is 26.6. The molecular formula is C27H36N4O5. The Morgan fingerprint density at radius 3 is 2.58 bits per heavy atom. The van der Waals surface area contributed by atoms with Gasteiger partial charge in [0.25, 0.3) is 11.8 Å². The number of nitrogens with zero attached hydrogens (tertiary/aromatic N) is 3. The van der Waals surface area contributed by atoms with Gasteiger partial charge < -0.3 is 24.6 Å². The van der Waals surface area contributed by atoms with Crippen LogP contribution in [0.1, 0.15) is 62.3 Å². The Morgan fingerprint density at radius 2 is 1.97 bits per heavy atom. The largest absolute Gasteiger partial charge is 0.485 e. The van der Waals surface area contributed by atoms with Gasteiger partial charge in [-0.25, -0.2) is 4.79 Å². The molecule has 9 nitrogen and oxygen atoms in total. The Morgan fingerprint density at radius 1 is 1.25 bits per heavy atom. The molecule has 0 fully saturated rings. The van der Waals surface area contributed by atoms with E-state index in [4.69, 9.17) is 9.47 Å². The number of rotatable bonds is 5. The van der Waals surface area contributed by atoms with E-state index in [-0.39, 0.29) is 36.1 Å². The number of pyridine rings is 1. The predicted octanol–water partition coefficient (Wildman–Crippen LogP) is 4.45. The molecule has 3 amide bonds. The van der Waals surface area contributed by atoms with Crippen molar-refractivity contribution < 1.29 is 23.9 Å². The van der Waals surface area contributed by atoms with Crippen molar-refractivity contribution in [3.63, 3.8) is 0 Å². The summed E-state index contributed by atoms with van der Waals surface area (Å²) < 4.78 is 11.9. The number of aromatic nitrogens is 1. The molecule has 2 heterocycles. The normalized spacial score (nSPS) is 18.0. The van der Waals surface area contributed by atoms with Gasteiger partial charge in [-0.3, -0.25) is 14.6 Å². The van der Waals surface area contributed by atoms with Crippen LogP contribution in [0.4, 0.5) is 10.5 Å². The molecule has 194 valence electrons. The number of ether oxygens (including phenoxy) is 2. The van der Waals surface area contributed by atoms with Crippen LogP contribution in [0.3, 0.4) is 0 Å². The molecule has 2 atom stereocenters. The predicted molar refractivity (Wildman–Crippen MR) is 137 cm³/mol. The minimum absolute atomic E-state index is 0.0521. The summed E-state index contributed by atoms with van der Waals surface area (Å²) in [7, 11) is 1.66. The summed E-state index contributed by atoms with van der Waals surface area (Å²) >= 11 is 0. The number of fused-ring (bicyclic) bond motifs is 1. The minimum atomic E-state index is -0.629. The first-order valence-electron chi connectivity index (χ1n) is 12.1. The van der Waals surface area contributed by atoms with E-state index in [9.17, 15) is 14.4 Å². The summed E-state index contributed by atoms with van der Waals surface area (Å²) in [6, 6.07) is 8.38. The van der Waals surface area contributed by atoms with Crippen molar-refractivity contribution in [2.75, 3.05) is 25.5 Å². The fourth-order valence-electron chi connectivity index (χ4n) is 3.90. The van der Waals surface area contributed by atoms with Crippen LogP contribution in [0.2, 0.25) is 0 Å². The van der Waals surface area contributed by atoms with E-state index in [1.807, 2.05) is 41.5 Å². The van der Waals surface area contributed by atoms with Crippen LogP contribution in [0.15, 0.2) is 42.7 Å². The molecule has 9 heteroatoms. The molecular weight excluding hydrogens is 460 g/mol. The first-order chi connectivity index (χ1) is 16.9. The van der Waals surface area contributed by atoms with Gasteiger partial charge in [-0.1, -0.05) is 13.0 Å². The average molecular weight is 497 g/mol. The highest BCUT2D eigenvalue weighted by atomic mass is 16.6. The van der Waals surface area contributed by atoms with Crippen molar-refractivity contribution in [1.29, 1.82) is 0 Å².